The van der Waals surface area contributed by atoms with Crippen molar-refractivity contribution in [1.82, 2.24) is 0 Å². The minimum Gasteiger partial charge on any atom is -0.462 e. The van der Waals surface area contributed by atoms with Gasteiger partial charge in [-0.1, -0.05) is 30.3 Å². The molecule has 0 aliphatic carbocycles. The standard InChI is InChI=1S/C15H23NO4/c1-18-9-10-19-11-12-20-15(17)14(16)8-7-13-5-3-2-4-6-13/h2-6,14H,7-12,16H2,1H3/t14-/m0/s1. The van der Waals surface area contributed by atoms with Gasteiger partial charge < -0.3 is 19.9 Å². The number of nitrogens with two attached hydrogens (primary N) is 1. The highest BCUT2D eigenvalue weighted by Gasteiger charge is 2.14. The third-order valence-corrected chi connectivity index (χ3v) is 2.79. The Morgan fingerprint density at radius 3 is 2.55 bits per heavy atom. The zero-order chi connectivity index (χ0) is 14.6. The van der Waals surface area contributed by atoms with Gasteiger partial charge in [-0.2, -0.15) is 0 Å². The van der Waals surface area contributed by atoms with E-state index in [4.69, 9.17) is 19.9 Å². The van der Waals surface area contributed by atoms with Crippen LogP contribution in [0.15, 0.2) is 30.3 Å². The molecule has 0 spiro atoms. The summed E-state index contributed by atoms with van der Waals surface area (Å²) in [6, 6.07) is 9.34. The quantitative estimate of drug-likeness (QED) is 0.514. The van der Waals surface area contributed by atoms with Crippen molar-refractivity contribution >= 4 is 5.97 Å². The summed E-state index contributed by atoms with van der Waals surface area (Å²) in [7, 11) is 1.61. The topological polar surface area (TPSA) is 70.8 Å². The van der Waals surface area contributed by atoms with Crippen LogP contribution in [0.3, 0.4) is 0 Å². The molecular weight excluding hydrogens is 258 g/mol. The zero-order valence-electron chi connectivity index (χ0n) is 11.9. The molecule has 0 bridgehead atoms. The number of carbonyl (C=O) groups excluding carboxylic acids is 1. The second-order valence-electron chi connectivity index (χ2n) is 4.40. The van der Waals surface area contributed by atoms with E-state index in [1.807, 2.05) is 30.3 Å². The van der Waals surface area contributed by atoms with Crippen molar-refractivity contribution in [3.05, 3.63) is 35.9 Å². The number of benzene rings is 1. The van der Waals surface area contributed by atoms with Gasteiger partial charge >= 0.3 is 5.97 Å². The first-order chi connectivity index (χ1) is 9.74. The van der Waals surface area contributed by atoms with Gasteiger partial charge in [-0.3, -0.25) is 4.79 Å². The van der Waals surface area contributed by atoms with Gasteiger partial charge in [-0.25, -0.2) is 0 Å². The molecule has 0 aromatic heterocycles. The second kappa shape index (κ2) is 10.4. The van der Waals surface area contributed by atoms with Crippen molar-refractivity contribution in [2.75, 3.05) is 33.5 Å². The first-order valence-corrected chi connectivity index (χ1v) is 6.77. The monoisotopic (exact) mass is 281 g/mol. The van der Waals surface area contributed by atoms with E-state index in [2.05, 4.69) is 0 Å². The highest BCUT2D eigenvalue weighted by atomic mass is 16.6. The Morgan fingerprint density at radius 2 is 1.85 bits per heavy atom. The SMILES string of the molecule is COCCOCCOC(=O)[C@@H](N)CCc1ccccc1. The Bertz CT molecular complexity index is 369. The molecule has 1 aromatic carbocycles. The average molecular weight is 281 g/mol. The van der Waals surface area contributed by atoms with E-state index >= 15 is 0 Å². The molecule has 0 saturated heterocycles. The molecule has 0 aliphatic rings. The third kappa shape index (κ3) is 7.23. The molecule has 2 N–H and O–H groups in total. The molecule has 112 valence electrons. The van der Waals surface area contributed by atoms with Crippen LogP contribution in [-0.4, -0.2) is 45.5 Å². The summed E-state index contributed by atoms with van der Waals surface area (Å²) in [5.41, 5.74) is 6.96. The Labute approximate surface area is 120 Å². The summed E-state index contributed by atoms with van der Waals surface area (Å²) in [6.45, 7) is 1.61. The number of hydrogen-bond donors (Lipinski definition) is 1. The van der Waals surface area contributed by atoms with Crippen molar-refractivity contribution in [1.29, 1.82) is 0 Å². The predicted molar refractivity (Wildman–Crippen MR) is 76.4 cm³/mol. The summed E-state index contributed by atoms with van der Waals surface area (Å²) in [4.78, 5) is 11.6. The first kappa shape index (κ1) is 16.6. The lowest BCUT2D eigenvalue weighted by atomic mass is 10.1. The van der Waals surface area contributed by atoms with Crippen LogP contribution in [0.2, 0.25) is 0 Å². The Hall–Kier alpha value is -1.43. The van der Waals surface area contributed by atoms with E-state index in [0.29, 0.717) is 26.2 Å². The van der Waals surface area contributed by atoms with E-state index in [9.17, 15) is 4.79 Å². The van der Waals surface area contributed by atoms with Crippen molar-refractivity contribution in [3.8, 4) is 0 Å². The van der Waals surface area contributed by atoms with Crippen LogP contribution >= 0.6 is 0 Å². The number of esters is 1. The number of ether oxygens (including phenoxy) is 3. The normalized spacial score (nSPS) is 12.1. The van der Waals surface area contributed by atoms with Gasteiger partial charge in [0, 0.05) is 7.11 Å². The summed E-state index contributed by atoms with van der Waals surface area (Å²) in [5.74, 6) is -0.378. The van der Waals surface area contributed by atoms with Crippen molar-refractivity contribution in [3.63, 3.8) is 0 Å². The molecule has 20 heavy (non-hydrogen) atoms. The summed E-state index contributed by atoms with van der Waals surface area (Å²) < 4.78 is 15.1. The smallest absolute Gasteiger partial charge is 0.323 e. The fourth-order valence-electron chi connectivity index (χ4n) is 1.64. The highest BCUT2D eigenvalue weighted by molar-refractivity contribution is 5.75. The summed E-state index contributed by atoms with van der Waals surface area (Å²) in [6.07, 6.45) is 1.34. The zero-order valence-corrected chi connectivity index (χ0v) is 11.9. The van der Waals surface area contributed by atoms with Gasteiger partial charge in [0.25, 0.3) is 0 Å². The average Bonchev–Trinajstić information content (AvgIpc) is 2.49. The summed E-state index contributed by atoms with van der Waals surface area (Å²) in [5, 5.41) is 0. The minimum atomic E-state index is -0.589. The maximum Gasteiger partial charge on any atom is 0.323 e. The maximum absolute atomic E-state index is 11.6. The van der Waals surface area contributed by atoms with E-state index in [1.165, 1.54) is 5.56 Å². The minimum absolute atomic E-state index is 0.224. The van der Waals surface area contributed by atoms with Crippen molar-refractivity contribution in [2.24, 2.45) is 5.73 Å². The van der Waals surface area contributed by atoms with Crippen LogP contribution in [0.25, 0.3) is 0 Å². The van der Waals surface area contributed by atoms with E-state index < -0.39 is 6.04 Å². The van der Waals surface area contributed by atoms with Crippen molar-refractivity contribution in [2.45, 2.75) is 18.9 Å². The molecule has 1 atom stereocenters. The maximum atomic E-state index is 11.6. The van der Waals surface area contributed by atoms with Crippen LogP contribution in [0, 0.1) is 0 Å². The number of hydrogen-bond acceptors (Lipinski definition) is 5. The van der Waals surface area contributed by atoms with Gasteiger partial charge in [0.1, 0.15) is 12.6 Å². The van der Waals surface area contributed by atoms with Crippen LogP contribution < -0.4 is 5.73 Å². The molecule has 0 amide bonds. The number of aryl methyl sites for hydroxylation is 1. The van der Waals surface area contributed by atoms with Crippen LogP contribution in [0.4, 0.5) is 0 Å². The lowest BCUT2D eigenvalue weighted by molar-refractivity contribution is -0.147. The second-order valence-corrected chi connectivity index (χ2v) is 4.40. The van der Waals surface area contributed by atoms with E-state index in [-0.39, 0.29) is 12.6 Å². The molecule has 5 nitrogen and oxygen atoms in total. The number of rotatable bonds is 10. The molecule has 0 saturated carbocycles. The lowest BCUT2D eigenvalue weighted by Gasteiger charge is -2.11. The van der Waals surface area contributed by atoms with Crippen molar-refractivity contribution < 1.29 is 19.0 Å². The number of methoxy groups -OCH3 is 1. The fourth-order valence-corrected chi connectivity index (χ4v) is 1.64. The van der Waals surface area contributed by atoms with Gasteiger partial charge in [0.2, 0.25) is 0 Å². The number of carbonyl (C=O) groups is 1. The molecule has 0 unspecified atom stereocenters. The molecular formula is C15H23NO4. The van der Waals surface area contributed by atoms with Crippen LogP contribution in [-0.2, 0) is 25.4 Å². The van der Waals surface area contributed by atoms with E-state index in [1.54, 1.807) is 7.11 Å². The van der Waals surface area contributed by atoms with Gasteiger partial charge in [-0.05, 0) is 18.4 Å². The molecule has 1 rings (SSSR count). The molecule has 5 heteroatoms. The van der Waals surface area contributed by atoms with E-state index in [0.717, 1.165) is 6.42 Å². The molecule has 1 aromatic rings. The summed E-state index contributed by atoms with van der Waals surface area (Å²) >= 11 is 0. The molecule has 0 heterocycles. The molecule has 0 radical (unpaired) electrons. The Balaban J connectivity index is 2.10. The van der Waals surface area contributed by atoms with Crippen LogP contribution in [0.1, 0.15) is 12.0 Å². The Kier molecular flexibility index (Phi) is 8.62. The fraction of sp³-hybridized carbons (Fsp3) is 0.533. The molecule has 0 fully saturated rings. The molecule has 0 aliphatic heterocycles. The van der Waals surface area contributed by atoms with Gasteiger partial charge in [0.05, 0.1) is 19.8 Å². The largest absolute Gasteiger partial charge is 0.462 e. The van der Waals surface area contributed by atoms with Gasteiger partial charge in [0.15, 0.2) is 0 Å². The predicted octanol–water partition coefficient (Wildman–Crippen LogP) is 1.15. The lowest BCUT2D eigenvalue weighted by Crippen LogP contribution is -2.33. The Morgan fingerprint density at radius 1 is 1.15 bits per heavy atom. The highest BCUT2D eigenvalue weighted by Crippen LogP contribution is 2.04. The first-order valence-electron chi connectivity index (χ1n) is 6.77. The van der Waals surface area contributed by atoms with Gasteiger partial charge in [-0.15, -0.1) is 0 Å². The van der Waals surface area contributed by atoms with Crippen LogP contribution in [0.5, 0.6) is 0 Å². The third-order valence-electron chi connectivity index (χ3n) is 2.79.